The number of aryl methyl sites for hydroxylation is 1. The van der Waals surface area contributed by atoms with E-state index in [1.54, 1.807) is 32.4 Å². The van der Waals surface area contributed by atoms with Gasteiger partial charge >= 0.3 is 6.18 Å². The maximum absolute atomic E-state index is 12.9. The van der Waals surface area contributed by atoms with E-state index in [2.05, 4.69) is 20.1 Å². The van der Waals surface area contributed by atoms with Crippen LogP contribution in [0.4, 0.5) is 19.0 Å². The van der Waals surface area contributed by atoms with Crippen molar-refractivity contribution in [1.82, 2.24) is 24.6 Å². The maximum atomic E-state index is 12.9. The van der Waals surface area contributed by atoms with E-state index in [1.807, 2.05) is 24.0 Å². The standard InChI is InChI=1S/C15H15F3N6/c1-9-8-12(23(3)10(2)11-4-6-19-7-5-11)24-14(20-9)21-13(22-24)15(16,17)18/h4-8,10H,1-3H3. The third-order valence-corrected chi connectivity index (χ3v) is 3.81. The Hall–Kier alpha value is -2.71. The smallest absolute Gasteiger partial charge is 0.353 e. The molecule has 0 saturated heterocycles. The summed E-state index contributed by atoms with van der Waals surface area (Å²) in [5.41, 5.74) is 1.54. The Kier molecular flexibility index (Phi) is 3.86. The summed E-state index contributed by atoms with van der Waals surface area (Å²) in [6.07, 6.45) is -1.28. The van der Waals surface area contributed by atoms with E-state index in [0.29, 0.717) is 11.5 Å². The van der Waals surface area contributed by atoms with E-state index in [1.165, 1.54) is 0 Å². The molecule has 3 rings (SSSR count). The van der Waals surface area contributed by atoms with Gasteiger partial charge in [0.25, 0.3) is 11.6 Å². The first-order valence-corrected chi connectivity index (χ1v) is 7.22. The molecular weight excluding hydrogens is 321 g/mol. The second kappa shape index (κ2) is 5.73. The predicted octanol–water partition coefficient (Wildman–Crippen LogP) is 3.04. The fraction of sp³-hybridized carbons (Fsp3) is 0.333. The van der Waals surface area contributed by atoms with Gasteiger partial charge < -0.3 is 4.90 Å². The van der Waals surface area contributed by atoms with E-state index in [9.17, 15) is 13.2 Å². The van der Waals surface area contributed by atoms with Crippen LogP contribution in [0.25, 0.3) is 5.78 Å². The molecule has 9 heteroatoms. The van der Waals surface area contributed by atoms with Crippen LogP contribution in [-0.2, 0) is 6.18 Å². The second-order valence-electron chi connectivity index (χ2n) is 5.47. The summed E-state index contributed by atoms with van der Waals surface area (Å²) in [4.78, 5) is 13.3. The minimum atomic E-state index is -4.62. The Bertz CT molecular complexity index is 859. The molecule has 0 saturated carbocycles. The predicted molar refractivity (Wildman–Crippen MR) is 81.6 cm³/mol. The summed E-state index contributed by atoms with van der Waals surface area (Å²) in [7, 11) is 1.79. The van der Waals surface area contributed by atoms with Crippen molar-refractivity contribution in [2.75, 3.05) is 11.9 Å². The first kappa shape index (κ1) is 16.2. The highest BCUT2D eigenvalue weighted by molar-refractivity contribution is 5.49. The molecule has 6 nitrogen and oxygen atoms in total. The van der Waals surface area contributed by atoms with Crippen LogP contribution < -0.4 is 4.90 Å². The second-order valence-corrected chi connectivity index (χ2v) is 5.47. The first-order valence-electron chi connectivity index (χ1n) is 7.22. The highest BCUT2D eigenvalue weighted by Gasteiger charge is 2.37. The fourth-order valence-electron chi connectivity index (χ4n) is 2.40. The monoisotopic (exact) mass is 336 g/mol. The van der Waals surface area contributed by atoms with Gasteiger partial charge in [-0.25, -0.2) is 4.98 Å². The summed E-state index contributed by atoms with van der Waals surface area (Å²) < 4.78 is 39.8. The number of halogens is 3. The van der Waals surface area contributed by atoms with Crippen molar-refractivity contribution in [1.29, 1.82) is 0 Å². The molecule has 3 aromatic heterocycles. The van der Waals surface area contributed by atoms with E-state index >= 15 is 0 Å². The third-order valence-electron chi connectivity index (χ3n) is 3.81. The SMILES string of the molecule is Cc1cc(N(C)C(C)c2ccncc2)n2nc(C(F)(F)F)nc2n1. The molecule has 3 aromatic rings. The van der Waals surface area contributed by atoms with Crippen molar-refractivity contribution in [3.63, 3.8) is 0 Å². The van der Waals surface area contributed by atoms with Gasteiger partial charge in [-0.15, -0.1) is 5.10 Å². The van der Waals surface area contributed by atoms with Gasteiger partial charge in [-0.2, -0.15) is 22.7 Å². The molecule has 0 spiro atoms. The highest BCUT2D eigenvalue weighted by Crippen LogP contribution is 2.29. The van der Waals surface area contributed by atoms with Gasteiger partial charge in [0.2, 0.25) is 0 Å². The number of hydrogen-bond acceptors (Lipinski definition) is 5. The summed E-state index contributed by atoms with van der Waals surface area (Å²) in [5.74, 6) is -0.803. The summed E-state index contributed by atoms with van der Waals surface area (Å²) >= 11 is 0. The molecule has 126 valence electrons. The van der Waals surface area contributed by atoms with Crippen molar-refractivity contribution in [2.45, 2.75) is 26.1 Å². The van der Waals surface area contributed by atoms with Gasteiger partial charge in [-0.05, 0) is 31.5 Å². The molecule has 0 aliphatic rings. The van der Waals surface area contributed by atoms with Crippen molar-refractivity contribution < 1.29 is 13.2 Å². The highest BCUT2D eigenvalue weighted by atomic mass is 19.4. The molecule has 24 heavy (non-hydrogen) atoms. The largest absolute Gasteiger partial charge is 0.453 e. The summed E-state index contributed by atoms with van der Waals surface area (Å²) in [6, 6.07) is 5.29. The average molecular weight is 336 g/mol. The van der Waals surface area contributed by atoms with Gasteiger partial charge in [0.05, 0.1) is 6.04 Å². The Balaban J connectivity index is 2.09. The number of aromatic nitrogens is 5. The van der Waals surface area contributed by atoms with Gasteiger partial charge in [0.1, 0.15) is 5.82 Å². The van der Waals surface area contributed by atoms with Crippen LogP contribution in [-0.4, -0.2) is 31.6 Å². The van der Waals surface area contributed by atoms with Crippen LogP contribution in [0.1, 0.15) is 30.0 Å². The topological polar surface area (TPSA) is 59.2 Å². The Morgan fingerprint density at radius 2 is 1.83 bits per heavy atom. The van der Waals surface area contributed by atoms with Gasteiger partial charge in [-0.1, -0.05) is 0 Å². The zero-order chi connectivity index (χ0) is 17.5. The number of nitrogens with zero attached hydrogens (tertiary/aromatic N) is 6. The summed E-state index contributed by atoms with van der Waals surface area (Å²) in [6.45, 7) is 3.65. The molecule has 1 unspecified atom stereocenters. The van der Waals surface area contributed by atoms with Crippen molar-refractivity contribution in [3.8, 4) is 0 Å². The molecule has 0 amide bonds. The lowest BCUT2D eigenvalue weighted by atomic mass is 10.1. The molecule has 1 atom stereocenters. The Morgan fingerprint density at radius 1 is 1.17 bits per heavy atom. The third kappa shape index (κ3) is 2.89. The van der Waals surface area contributed by atoms with E-state index in [-0.39, 0.29) is 11.8 Å². The molecule has 0 radical (unpaired) electrons. The van der Waals surface area contributed by atoms with Crippen LogP contribution in [0.2, 0.25) is 0 Å². The molecular formula is C15H15F3N6. The van der Waals surface area contributed by atoms with E-state index in [0.717, 1.165) is 10.1 Å². The van der Waals surface area contributed by atoms with Crippen molar-refractivity contribution >= 4 is 11.6 Å². The van der Waals surface area contributed by atoms with Crippen LogP contribution in [0.5, 0.6) is 0 Å². The van der Waals surface area contributed by atoms with Crippen molar-refractivity contribution in [3.05, 3.63) is 47.7 Å². The number of pyridine rings is 1. The molecule has 3 heterocycles. The molecule has 0 N–H and O–H groups in total. The number of alkyl halides is 3. The van der Waals surface area contributed by atoms with Gasteiger partial charge in [-0.3, -0.25) is 4.98 Å². The Morgan fingerprint density at radius 3 is 2.46 bits per heavy atom. The van der Waals surface area contributed by atoms with Crippen LogP contribution in [0.3, 0.4) is 0 Å². The number of anilines is 1. The lowest BCUT2D eigenvalue weighted by molar-refractivity contribution is -0.144. The van der Waals surface area contributed by atoms with Crippen LogP contribution in [0.15, 0.2) is 30.6 Å². The minimum absolute atomic E-state index is 0.0777. The number of hydrogen-bond donors (Lipinski definition) is 0. The molecule has 0 aliphatic carbocycles. The zero-order valence-corrected chi connectivity index (χ0v) is 13.3. The average Bonchev–Trinajstić information content (AvgIpc) is 2.97. The lowest BCUT2D eigenvalue weighted by Crippen LogP contribution is -2.24. The van der Waals surface area contributed by atoms with Crippen LogP contribution >= 0.6 is 0 Å². The fourth-order valence-corrected chi connectivity index (χ4v) is 2.40. The van der Waals surface area contributed by atoms with Crippen LogP contribution in [0, 0.1) is 6.92 Å². The van der Waals surface area contributed by atoms with Gasteiger partial charge in [0, 0.05) is 31.2 Å². The minimum Gasteiger partial charge on any atom is -0.353 e. The molecule has 0 bridgehead atoms. The lowest BCUT2D eigenvalue weighted by Gasteiger charge is -2.27. The maximum Gasteiger partial charge on any atom is 0.453 e. The molecule has 0 aromatic carbocycles. The van der Waals surface area contributed by atoms with Gasteiger partial charge in [0.15, 0.2) is 0 Å². The van der Waals surface area contributed by atoms with E-state index in [4.69, 9.17) is 0 Å². The normalized spacial score (nSPS) is 13.2. The number of fused-ring (bicyclic) bond motifs is 1. The molecule has 0 aliphatic heterocycles. The zero-order valence-electron chi connectivity index (χ0n) is 13.3. The summed E-state index contributed by atoms with van der Waals surface area (Å²) in [5, 5.41) is 3.59. The quantitative estimate of drug-likeness (QED) is 0.736. The number of rotatable bonds is 3. The molecule has 0 fully saturated rings. The Labute approximate surface area is 136 Å². The van der Waals surface area contributed by atoms with Crippen molar-refractivity contribution in [2.24, 2.45) is 0 Å². The first-order chi connectivity index (χ1) is 11.3. The van der Waals surface area contributed by atoms with E-state index < -0.39 is 12.0 Å².